The summed E-state index contributed by atoms with van der Waals surface area (Å²) >= 11 is 6.28. The first kappa shape index (κ1) is 25.3. The molecule has 2 fully saturated rings. The van der Waals surface area contributed by atoms with Crippen molar-refractivity contribution < 1.29 is 28.5 Å². The molecule has 2 aliphatic rings. The van der Waals surface area contributed by atoms with Gasteiger partial charge in [0.25, 0.3) is 0 Å². The third-order valence-electron chi connectivity index (χ3n) is 6.82. The van der Waals surface area contributed by atoms with Crippen molar-refractivity contribution in [2.24, 2.45) is 7.05 Å². The molecule has 2 aliphatic carbocycles. The zero-order chi connectivity index (χ0) is 25.8. The van der Waals surface area contributed by atoms with E-state index in [0.29, 0.717) is 24.3 Å². The average Bonchev–Trinajstić information content (AvgIpc) is 3.45. The molecule has 9 nitrogen and oxygen atoms in total. The second-order valence-corrected chi connectivity index (χ2v) is 10.3. The first-order valence-corrected chi connectivity index (χ1v) is 12.4. The molecular weight excluding hydrogens is 496 g/mol. The van der Waals surface area contributed by atoms with Crippen LogP contribution in [-0.2, 0) is 16.5 Å². The van der Waals surface area contributed by atoms with E-state index < -0.39 is 17.4 Å². The number of nitrogens with one attached hydrogen (secondary N) is 1. The summed E-state index contributed by atoms with van der Waals surface area (Å²) < 4.78 is 42.6. The predicted molar refractivity (Wildman–Crippen MR) is 129 cm³/mol. The number of fused-ring (bicyclic) bond motifs is 1. The number of aryl methyl sites for hydroxylation is 1. The highest BCUT2D eigenvalue weighted by atomic mass is 35.5. The molecule has 5 atom stereocenters. The lowest BCUT2D eigenvalue weighted by atomic mass is 10.1. The first-order valence-electron chi connectivity index (χ1n) is 12.0. The van der Waals surface area contributed by atoms with E-state index in [4.69, 9.17) is 21.1 Å². The Labute approximate surface area is 212 Å². The number of hydrogen-bond donors (Lipinski definition) is 3. The van der Waals surface area contributed by atoms with E-state index in [2.05, 4.69) is 15.3 Å². The van der Waals surface area contributed by atoms with Gasteiger partial charge >= 0.3 is 0 Å². The summed E-state index contributed by atoms with van der Waals surface area (Å²) in [5, 5.41) is 22.9. The van der Waals surface area contributed by atoms with Crippen LogP contribution in [-0.4, -0.2) is 66.8 Å². The maximum absolute atomic E-state index is 13.7. The van der Waals surface area contributed by atoms with Crippen LogP contribution in [0.15, 0.2) is 18.2 Å². The molecule has 2 saturated carbocycles. The van der Waals surface area contributed by atoms with Crippen LogP contribution in [0.4, 0.5) is 14.6 Å². The van der Waals surface area contributed by atoms with Crippen molar-refractivity contribution in [1.29, 1.82) is 0 Å². The Kier molecular flexibility index (Phi) is 6.71. The molecule has 1 aromatic carbocycles. The van der Waals surface area contributed by atoms with Gasteiger partial charge in [-0.15, -0.1) is 0 Å². The minimum Gasteiger partial charge on any atom is -0.394 e. The van der Waals surface area contributed by atoms with E-state index in [1.165, 1.54) is 6.07 Å². The lowest BCUT2D eigenvalue weighted by Gasteiger charge is -2.29. The van der Waals surface area contributed by atoms with Gasteiger partial charge in [-0.25, -0.2) is 8.78 Å². The minimum absolute atomic E-state index is 0.0136. The molecule has 2 heterocycles. The molecule has 0 radical (unpaired) electrons. The van der Waals surface area contributed by atoms with Gasteiger partial charge in [0.2, 0.25) is 5.28 Å². The number of benzene rings is 1. The van der Waals surface area contributed by atoms with Crippen LogP contribution in [0, 0.1) is 11.6 Å². The highest BCUT2D eigenvalue weighted by molar-refractivity contribution is 6.28. The van der Waals surface area contributed by atoms with Gasteiger partial charge in [-0.2, -0.15) is 9.97 Å². The lowest BCUT2D eigenvalue weighted by molar-refractivity contribution is -0.224. The zero-order valence-corrected chi connectivity index (χ0v) is 21.0. The molecule has 0 aliphatic heterocycles. The van der Waals surface area contributed by atoms with Crippen LogP contribution >= 0.6 is 11.6 Å². The van der Waals surface area contributed by atoms with Crippen LogP contribution in [0.25, 0.3) is 11.2 Å². The van der Waals surface area contributed by atoms with Crippen LogP contribution in [0.3, 0.4) is 0 Å². The highest BCUT2D eigenvalue weighted by Crippen LogP contribution is 2.45. The van der Waals surface area contributed by atoms with Gasteiger partial charge in [0.15, 0.2) is 28.9 Å². The fraction of sp³-hybridized carbons (Fsp3) is 0.583. The van der Waals surface area contributed by atoms with Gasteiger partial charge in [0.1, 0.15) is 5.52 Å². The molecule has 5 unspecified atom stereocenters. The van der Waals surface area contributed by atoms with Gasteiger partial charge in [-0.05, 0) is 62.4 Å². The Morgan fingerprint density at radius 2 is 1.92 bits per heavy atom. The number of aliphatic hydroxyl groups is 2. The van der Waals surface area contributed by atoms with Crippen molar-refractivity contribution in [2.45, 2.75) is 69.1 Å². The van der Waals surface area contributed by atoms with Gasteiger partial charge in [-0.1, -0.05) is 6.07 Å². The molecule has 0 amide bonds. The van der Waals surface area contributed by atoms with Gasteiger partial charge in [0.05, 0.1) is 31.5 Å². The molecule has 0 saturated heterocycles. The Morgan fingerprint density at radius 3 is 2.61 bits per heavy atom. The second kappa shape index (κ2) is 9.53. The summed E-state index contributed by atoms with van der Waals surface area (Å²) in [7, 11) is 1.90. The van der Waals surface area contributed by atoms with E-state index in [9.17, 15) is 19.0 Å². The van der Waals surface area contributed by atoms with Gasteiger partial charge in [-0.3, -0.25) is 9.36 Å². The maximum Gasteiger partial charge on any atom is 0.226 e. The third-order valence-corrected chi connectivity index (χ3v) is 6.99. The molecule has 12 heteroatoms. The topological polar surface area (TPSA) is 107 Å². The Hall–Kier alpha value is -2.31. The van der Waals surface area contributed by atoms with E-state index in [1.807, 2.05) is 16.4 Å². The minimum atomic E-state index is -1.32. The fourth-order valence-corrected chi connectivity index (χ4v) is 5.41. The molecule has 5 rings (SSSR count). The van der Waals surface area contributed by atoms with Crippen molar-refractivity contribution in [2.75, 3.05) is 18.5 Å². The fourth-order valence-electron chi connectivity index (χ4n) is 5.25. The molecule has 3 aromatic rings. The molecular formula is C24H30ClF2N5O4. The first-order chi connectivity index (χ1) is 17.1. The van der Waals surface area contributed by atoms with E-state index >= 15 is 0 Å². The average molecular weight is 526 g/mol. The highest BCUT2D eigenvalue weighted by Gasteiger charge is 2.43. The molecule has 0 bridgehead atoms. The number of anilines is 1. The van der Waals surface area contributed by atoms with Crippen molar-refractivity contribution in [3.8, 4) is 0 Å². The van der Waals surface area contributed by atoms with E-state index in [-0.39, 0.29) is 48.7 Å². The number of hydrogen-bond acceptors (Lipinski definition) is 7. The van der Waals surface area contributed by atoms with Crippen molar-refractivity contribution in [3.63, 3.8) is 0 Å². The summed E-state index contributed by atoms with van der Waals surface area (Å²) in [6.07, 6.45) is 1.28. The summed E-state index contributed by atoms with van der Waals surface area (Å²) in [5.41, 5.74) is 2.19. The van der Waals surface area contributed by atoms with Crippen molar-refractivity contribution in [3.05, 3.63) is 40.7 Å². The summed E-state index contributed by atoms with van der Waals surface area (Å²) in [6, 6.07) is 3.97. The van der Waals surface area contributed by atoms with Crippen molar-refractivity contribution in [1.82, 2.24) is 19.3 Å². The maximum atomic E-state index is 13.7. The number of ether oxygens (including phenoxy) is 2. The number of aromatic nitrogens is 4. The van der Waals surface area contributed by atoms with Crippen LogP contribution in [0.5, 0.6) is 0 Å². The molecule has 2 aromatic heterocycles. The third kappa shape index (κ3) is 4.95. The Bertz CT molecular complexity index is 1260. The van der Waals surface area contributed by atoms with E-state index in [0.717, 1.165) is 23.6 Å². The molecule has 0 spiro atoms. The monoisotopic (exact) mass is 525 g/mol. The quantitative estimate of drug-likeness (QED) is 0.290. The summed E-state index contributed by atoms with van der Waals surface area (Å²) in [5.74, 6) is -2.41. The van der Waals surface area contributed by atoms with Crippen molar-refractivity contribution >= 4 is 28.6 Å². The van der Waals surface area contributed by atoms with Crippen LogP contribution in [0.1, 0.15) is 50.6 Å². The Balaban J connectivity index is 1.36. The second-order valence-electron chi connectivity index (χ2n) is 10.0. The number of aliphatic hydroxyl groups excluding tert-OH is 1. The number of rotatable bonds is 9. The van der Waals surface area contributed by atoms with E-state index in [1.54, 1.807) is 19.9 Å². The van der Waals surface area contributed by atoms with Gasteiger partial charge < -0.3 is 25.0 Å². The van der Waals surface area contributed by atoms with Crippen LogP contribution < -0.4 is 5.32 Å². The Morgan fingerprint density at radius 1 is 1.17 bits per heavy atom. The SMILES string of the molecule is Cn1c2c(NC3CC3c3ccc(F)c(F)c3)nc(Cl)nc2n1C1CC(OCCO)C(OC(C)(C)O)C1. The normalized spacial score (nSPS) is 26.2. The summed E-state index contributed by atoms with van der Waals surface area (Å²) in [4.78, 5) is 8.83. The smallest absolute Gasteiger partial charge is 0.226 e. The lowest BCUT2D eigenvalue weighted by Crippen LogP contribution is -2.36. The largest absolute Gasteiger partial charge is 0.394 e. The van der Waals surface area contributed by atoms with Crippen LogP contribution in [0.2, 0.25) is 5.28 Å². The number of nitrogens with zero attached hydrogens (tertiary/aromatic N) is 4. The summed E-state index contributed by atoms with van der Waals surface area (Å²) in [6.45, 7) is 3.22. The number of halogens is 3. The standard InChI is InChI=1S/C24H30ClF2N5O4/c1-24(2,34)36-19-10-13(9-18(19)35-7-6-33)32-22-20(31(32)3)21(29-23(25)30-22)28-17-11-14(17)12-4-5-15(26)16(27)8-12/h4-5,8,13-14,17-19,33-34H,6-7,9-11H2,1-3H3,(H,28,29,30). The molecule has 196 valence electrons. The van der Waals surface area contributed by atoms with Gasteiger partial charge in [0, 0.05) is 19.0 Å². The zero-order valence-electron chi connectivity index (χ0n) is 20.3. The molecule has 3 N–H and O–H groups in total. The predicted octanol–water partition coefficient (Wildman–Crippen LogP) is 3.50. The molecule has 36 heavy (non-hydrogen) atoms.